The second kappa shape index (κ2) is 6.56. The van der Waals surface area contributed by atoms with Gasteiger partial charge in [0.1, 0.15) is 0 Å². The lowest BCUT2D eigenvalue weighted by Gasteiger charge is -2.25. The average molecular weight is 362 g/mol. The maximum Gasteiger partial charge on any atom is 0.240 e. The van der Waals surface area contributed by atoms with Gasteiger partial charge in [0.05, 0.1) is 11.0 Å². The molecule has 2 N–H and O–H groups in total. The van der Waals surface area contributed by atoms with Crippen molar-refractivity contribution in [3.05, 3.63) is 28.2 Å². The SMILES string of the molecule is Cc1cc(S(=O)(=O)NCC2CCC(O)CC2)ccc1Br. The van der Waals surface area contributed by atoms with Gasteiger partial charge in [-0.3, -0.25) is 0 Å². The maximum atomic E-state index is 12.2. The molecule has 20 heavy (non-hydrogen) atoms. The maximum absolute atomic E-state index is 12.2. The van der Waals surface area contributed by atoms with Gasteiger partial charge in [0.15, 0.2) is 0 Å². The second-order valence-electron chi connectivity index (χ2n) is 5.44. The van der Waals surface area contributed by atoms with E-state index in [-0.39, 0.29) is 6.10 Å². The van der Waals surface area contributed by atoms with Crippen LogP contribution < -0.4 is 4.72 Å². The number of halogens is 1. The van der Waals surface area contributed by atoms with Crippen LogP contribution >= 0.6 is 15.9 Å². The average Bonchev–Trinajstić information content (AvgIpc) is 2.41. The molecule has 0 saturated heterocycles. The fourth-order valence-electron chi connectivity index (χ4n) is 2.44. The second-order valence-corrected chi connectivity index (χ2v) is 8.06. The van der Waals surface area contributed by atoms with E-state index in [9.17, 15) is 13.5 Å². The summed E-state index contributed by atoms with van der Waals surface area (Å²) in [4.78, 5) is 0.300. The molecule has 1 saturated carbocycles. The van der Waals surface area contributed by atoms with E-state index in [1.165, 1.54) is 0 Å². The molecular weight excluding hydrogens is 342 g/mol. The van der Waals surface area contributed by atoms with Crippen molar-refractivity contribution in [2.45, 2.75) is 43.6 Å². The van der Waals surface area contributed by atoms with Crippen LogP contribution in [-0.2, 0) is 10.0 Å². The van der Waals surface area contributed by atoms with Gasteiger partial charge in [-0.05, 0) is 62.3 Å². The van der Waals surface area contributed by atoms with Crippen molar-refractivity contribution in [3.8, 4) is 0 Å². The first-order valence-corrected chi connectivity index (χ1v) is 9.10. The van der Waals surface area contributed by atoms with Gasteiger partial charge in [-0.15, -0.1) is 0 Å². The summed E-state index contributed by atoms with van der Waals surface area (Å²) in [6.07, 6.45) is 3.08. The monoisotopic (exact) mass is 361 g/mol. The largest absolute Gasteiger partial charge is 0.393 e. The van der Waals surface area contributed by atoms with Gasteiger partial charge in [-0.25, -0.2) is 13.1 Å². The molecule has 0 spiro atoms. The van der Waals surface area contributed by atoms with Gasteiger partial charge < -0.3 is 5.11 Å². The van der Waals surface area contributed by atoms with Gasteiger partial charge >= 0.3 is 0 Å². The standard InChI is InChI=1S/C14H20BrNO3S/c1-10-8-13(6-7-14(10)15)20(18,19)16-9-11-2-4-12(17)5-3-11/h6-8,11-12,16-17H,2-5,9H2,1H3. The molecule has 1 aromatic carbocycles. The lowest BCUT2D eigenvalue weighted by molar-refractivity contribution is 0.109. The van der Waals surface area contributed by atoms with E-state index >= 15 is 0 Å². The van der Waals surface area contributed by atoms with Gasteiger partial charge in [-0.2, -0.15) is 0 Å². The predicted octanol–water partition coefficient (Wildman–Crippen LogP) is 2.59. The number of aliphatic hydroxyl groups is 1. The number of sulfonamides is 1. The molecule has 1 aliphatic carbocycles. The van der Waals surface area contributed by atoms with Crippen LogP contribution in [0.1, 0.15) is 31.2 Å². The summed E-state index contributed by atoms with van der Waals surface area (Å²) in [7, 11) is -3.45. The highest BCUT2D eigenvalue weighted by atomic mass is 79.9. The zero-order chi connectivity index (χ0) is 14.8. The third-order valence-electron chi connectivity index (χ3n) is 3.82. The van der Waals surface area contributed by atoms with Crippen LogP contribution in [0.2, 0.25) is 0 Å². The molecule has 112 valence electrons. The summed E-state index contributed by atoms with van der Waals surface area (Å²) in [5, 5.41) is 9.45. The quantitative estimate of drug-likeness (QED) is 0.865. The first-order chi connectivity index (χ1) is 9.38. The molecule has 0 aromatic heterocycles. The van der Waals surface area contributed by atoms with Gasteiger partial charge in [0, 0.05) is 11.0 Å². The van der Waals surface area contributed by atoms with Crippen LogP contribution in [0.3, 0.4) is 0 Å². The lowest BCUT2D eigenvalue weighted by atomic mass is 9.88. The van der Waals surface area contributed by atoms with Crippen LogP contribution in [0, 0.1) is 12.8 Å². The third kappa shape index (κ3) is 4.04. The molecule has 0 radical (unpaired) electrons. The molecule has 0 unspecified atom stereocenters. The van der Waals surface area contributed by atoms with Gasteiger partial charge in [0.2, 0.25) is 10.0 Å². The molecule has 4 nitrogen and oxygen atoms in total. The van der Waals surface area contributed by atoms with E-state index in [0.717, 1.165) is 35.7 Å². The molecule has 0 atom stereocenters. The Morgan fingerprint density at radius 1 is 1.30 bits per heavy atom. The first kappa shape index (κ1) is 15.9. The molecule has 1 aromatic rings. The summed E-state index contributed by atoms with van der Waals surface area (Å²) >= 11 is 3.36. The molecule has 0 amide bonds. The zero-order valence-corrected chi connectivity index (χ0v) is 13.9. The van der Waals surface area contributed by atoms with Crippen molar-refractivity contribution in [2.75, 3.05) is 6.54 Å². The van der Waals surface area contributed by atoms with Crippen LogP contribution in [0.25, 0.3) is 0 Å². The zero-order valence-electron chi connectivity index (χ0n) is 11.5. The fraction of sp³-hybridized carbons (Fsp3) is 0.571. The summed E-state index contributed by atoms with van der Waals surface area (Å²) < 4.78 is 28.0. The number of aliphatic hydroxyl groups excluding tert-OH is 1. The molecule has 1 aliphatic rings. The highest BCUT2D eigenvalue weighted by molar-refractivity contribution is 9.10. The smallest absolute Gasteiger partial charge is 0.240 e. The van der Waals surface area contributed by atoms with Crippen molar-refractivity contribution in [1.82, 2.24) is 4.72 Å². The predicted molar refractivity (Wildman–Crippen MR) is 82.0 cm³/mol. The fourth-order valence-corrected chi connectivity index (χ4v) is 3.89. The van der Waals surface area contributed by atoms with Crippen molar-refractivity contribution in [3.63, 3.8) is 0 Å². The molecule has 0 bridgehead atoms. The van der Waals surface area contributed by atoms with Crippen LogP contribution in [-0.4, -0.2) is 26.2 Å². The van der Waals surface area contributed by atoms with E-state index in [0.29, 0.717) is 17.4 Å². The minimum absolute atomic E-state index is 0.211. The minimum atomic E-state index is -3.45. The lowest BCUT2D eigenvalue weighted by Crippen LogP contribution is -2.32. The Kier molecular flexibility index (Phi) is 5.23. The normalized spacial score (nSPS) is 23.8. The Morgan fingerprint density at radius 2 is 1.95 bits per heavy atom. The Morgan fingerprint density at radius 3 is 2.55 bits per heavy atom. The van der Waals surface area contributed by atoms with Gasteiger partial charge in [0.25, 0.3) is 0 Å². The minimum Gasteiger partial charge on any atom is -0.393 e. The summed E-state index contributed by atoms with van der Waals surface area (Å²) in [5.74, 6) is 0.324. The molecule has 0 aliphatic heterocycles. The van der Waals surface area contributed by atoms with E-state index in [1.807, 2.05) is 6.92 Å². The molecule has 2 rings (SSSR count). The number of nitrogens with one attached hydrogen (secondary N) is 1. The molecule has 1 fully saturated rings. The Balaban J connectivity index is 1.98. The molecular formula is C14H20BrNO3S. The number of benzene rings is 1. The van der Waals surface area contributed by atoms with E-state index in [4.69, 9.17) is 0 Å². The Bertz CT molecular complexity index is 566. The van der Waals surface area contributed by atoms with Crippen LogP contribution in [0.4, 0.5) is 0 Å². The van der Waals surface area contributed by atoms with Crippen LogP contribution in [0.15, 0.2) is 27.6 Å². The molecule has 0 heterocycles. The summed E-state index contributed by atoms with van der Waals surface area (Å²) in [6, 6.07) is 5.02. The van der Waals surface area contributed by atoms with Crippen molar-refractivity contribution < 1.29 is 13.5 Å². The Hall–Kier alpha value is -0.430. The third-order valence-corrected chi connectivity index (χ3v) is 6.13. The van der Waals surface area contributed by atoms with Crippen molar-refractivity contribution >= 4 is 26.0 Å². The topological polar surface area (TPSA) is 66.4 Å². The van der Waals surface area contributed by atoms with Crippen LogP contribution in [0.5, 0.6) is 0 Å². The highest BCUT2D eigenvalue weighted by Crippen LogP contribution is 2.24. The first-order valence-electron chi connectivity index (χ1n) is 6.82. The van der Waals surface area contributed by atoms with Gasteiger partial charge in [-0.1, -0.05) is 15.9 Å². The number of hydrogen-bond acceptors (Lipinski definition) is 3. The number of aryl methyl sites for hydroxylation is 1. The van der Waals surface area contributed by atoms with Crippen molar-refractivity contribution in [1.29, 1.82) is 0 Å². The highest BCUT2D eigenvalue weighted by Gasteiger charge is 2.22. The summed E-state index contributed by atoms with van der Waals surface area (Å²) in [6.45, 7) is 2.32. The van der Waals surface area contributed by atoms with E-state index in [1.54, 1.807) is 18.2 Å². The molecule has 6 heteroatoms. The van der Waals surface area contributed by atoms with E-state index < -0.39 is 10.0 Å². The van der Waals surface area contributed by atoms with E-state index in [2.05, 4.69) is 20.7 Å². The number of hydrogen-bond donors (Lipinski definition) is 2. The Labute approximate surface area is 128 Å². The summed E-state index contributed by atoms with van der Waals surface area (Å²) in [5.41, 5.74) is 0.897. The van der Waals surface area contributed by atoms with Crippen molar-refractivity contribution in [2.24, 2.45) is 5.92 Å². The number of rotatable bonds is 4.